The van der Waals surface area contributed by atoms with E-state index >= 15 is 0 Å². The van der Waals surface area contributed by atoms with Crippen LogP contribution in [0.5, 0.6) is 5.75 Å². The lowest BCUT2D eigenvalue weighted by molar-refractivity contribution is 0.0737. The van der Waals surface area contributed by atoms with Gasteiger partial charge in [0.05, 0.1) is 31.7 Å². The molecule has 10 heteroatoms. The molecule has 0 aliphatic carbocycles. The van der Waals surface area contributed by atoms with Crippen LogP contribution in [0.3, 0.4) is 0 Å². The maximum Gasteiger partial charge on any atom is 0.227 e. The summed E-state index contributed by atoms with van der Waals surface area (Å²) in [4.78, 5) is 15.6. The highest BCUT2D eigenvalue weighted by atomic mass is 32.1. The third-order valence-corrected chi connectivity index (χ3v) is 4.69. The molecule has 0 spiro atoms. The minimum absolute atomic E-state index is 0.356. The zero-order valence-corrected chi connectivity index (χ0v) is 13.8. The Kier molecular flexibility index (Phi) is 3.69. The van der Waals surface area contributed by atoms with Gasteiger partial charge in [-0.15, -0.1) is 0 Å². The Hall–Kier alpha value is -2.46. The van der Waals surface area contributed by atoms with Crippen LogP contribution in [0.2, 0.25) is 0 Å². The third-order valence-electron chi connectivity index (χ3n) is 3.90. The van der Waals surface area contributed by atoms with E-state index in [2.05, 4.69) is 20.1 Å². The Morgan fingerprint density at radius 2 is 2.25 bits per heavy atom. The van der Waals surface area contributed by atoms with E-state index in [4.69, 9.17) is 10.5 Å². The highest BCUT2D eigenvalue weighted by Gasteiger charge is 2.34. The van der Waals surface area contributed by atoms with Crippen molar-refractivity contribution in [3.63, 3.8) is 0 Å². The van der Waals surface area contributed by atoms with Crippen LogP contribution in [-0.2, 0) is 6.54 Å². The normalized spacial score (nSPS) is 20.8. The van der Waals surface area contributed by atoms with Crippen LogP contribution in [0.1, 0.15) is 6.92 Å². The smallest absolute Gasteiger partial charge is 0.227 e. The number of nitrogen functional groups attached to an aromatic ring is 1. The van der Waals surface area contributed by atoms with Gasteiger partial charge in [0, 0.05) is 6.54 Å². The summed E-state index contributed by atoms with van der Waals surface area (Å²) in [6.07, 6.45) is 4.14. The van der Waals surface area contributed by atoms with Gasteiger partial charge in [-0.1, -0.05) is 11.3 Å². The van der Waals surface area contributed by atoms with Crippen LogP contribution in [0.4, 0.5) is 11.1 Å². The minimum Gasteiger partial charge on any atom is -0.482 e. The highest BCUT2D eigenvalue weighted by molar-refractivity contribution is 7.21. The average molecular weight is 347 g/mol. The Morgan fingerprint density at radius 3 is 3.04 bits per heavy atom. The van der Waals surface area contributed by atoms with Gasteiger partial charge in [-0.25, -0.2) is 9.97 Å². The number of hydrogen-bond acceptors (Lipinski definition) is 9. The molecule has 1 saturated heterocycles. The molecule has 24 heavy (non-hydrogen) atoms. The van der Waals surface area contributed by atoms with Crippen molar-refractivity contribution in [2.75, 3.05) is 23.7 Å². The summed E-state index contributed by atoms with van der Waals surface area (Å²) < 4.78 is 7.63. The van der Waals surface area contributed by atoms with Gasteiger partial charge in [0.25, 0.3) is 0 Å². The number of nitrogens with two attached hydrogens (primary N) is 1. The second-order valence-corrected chi connectivity index (χ2v) is 6.58. The van der Waals surface area contributed by atoms with Gasteiger partial charge in [0.1, 0.15) is 17.7 Å². The second kappa shape index (κ2) is 5.87. The Labute approximate surface area is 141 Å². The van der Waals surface area contributed by atoms with Crippen molar-refractivity contribution in [2.45, 2.75) is 25.7 Å². The molecule has 0 unspecified atom stereocenters. The quantitative estimate of drug-likeness (QED) is 0.701. The summed E-state index contributed by atoms with van der Waals surface area (Å²) >= 11 is 1.32. The molecule has 0 aromatic carbocycles. The van der Waals surface area contributed by atoms with E-state index in [0.717, 1.165) is 11.4 Å². The molecule has 3 aromatic heterocycles. The van der Waals surface area contributed by atoms with Crippen molar-refractivity contribution in [1.29, 1.82) is 0 Å². The van der Waals surface area contributed by atoms with Crippen molar-refractivity contribution in [2.24, 2.45) is 0 Å². The first-order valence-electron chi connectivity index (χ1n) is 7.63. The molecule has 126 valence electrons. The predicted molar refractivity (Wildman–Crippen MR) is 90.2 cm³/mol. The Balaban J connectivity index is 1.50. The molecule has 9 nitrogen and oxygen atoms in total. The zero-order valence-electron chi connectivity index (χ0n) is 13.0. The zero-order chi connectivity index (χ0) is 16.7. The number of aliphatic hydroxyl groups is 1. The summed E-state index contributed by atoms with van der Waals surface area (Å²) in [6, 6.07) is 0. The van der Waals surface area contributed by atoms with Crippen LogP contribution in [0.25, 0.3) is 10.3 Å². The van der Waals surface area contributed by atoms with Gasteiger partial charge in [0.15, 0.2) is 15.7 Å². The number of anilines is 2. The molecule has 2 atom stereocenters. The molecular weight excluding hydrogens is 330 g/mol. The van der Waals surface area contributed by atoms with E-state index in [0.29, 0.717) is 35.4 Å². The third kappa shape index (κ3) is 2.74. The highest BCUT2D eigenvalue weighted by Crippen LogP contribution is 2.26. The molecule has 1 aliphatic rings. The summed E-state index contributed by atoms with van der Waals surface area (Å²) in [5.41, 5.74) is 6.38. The number of β-amino-alcohol motifs (C(OH)–C–C–N with tert-alkyl or cyclic N) is 1. The van der Waals surface area contributed by atoms with Gasteiger partial charge in [-0.2, -0.15) is 10.1 Å². The lowest BCUT2D eigenvalue weighted by Gasteiger charge is -2.15. The molecule has 0 amide bonds. The van der Waals surface area contributed by atoms with Crippen LogP contribution < -0.4 is 15.4 Å². The molecular formula is C14H17N7O2S. The van der Waals surface area contributed by atoms with Gasteiger partial charge in [-0.3, -0.25) is 4.68 Å². The van der Waals surface area contributed by atoms with E-state index in [9.17, 15) is 5.11 Å². The molecule has 4 rings (SSSR count). The van der Waals surface area contributed by atoms with Gasteiger partial charge in [0.2, 0.25) is 5.95 Å². The van der Waals surface area contributed by atoms with Crippen molar-refractivity contribution in [3.05, 3.63) is 18.6 Å². The number of thiazole rings is 1. The molecule has 1 aliphatic heterocycles. The van der Waals surface area contributed by atoms with Crippen molar-refractivity contribution in [3.8, 4) is 5.75 Å². The first-order chi connectivity index (χ1) is 11.6. The summed E-state index contributed by atoms with van der Waals surface area (Å²) in [5.74, 6) is 1.19. The standard InChI is InChI=1S/C14H17N7O2S/c1-2-21-5-8(3-17-21)23-11-7-20(6-10(11)22)14-16-4-9-12(19-14)24-13(15)18-9/h3-5,10-11,22H,2,6-7H2,1H3,(H2,15,18)/t10-,11-/m1/s1. The van der Waals surface area contributed by atoms with Crippen LogP contribution in [-0.4, -0.2) is 55.1 Å². The van der Waals surface area contributed by atoms with Gasteiger partial charge < -0.3 is 20.5 Å². The largest absolute Gasteiger partial charge is 0.482 e. The first-order valence-corrected chi connectivity index (χ1v) is 8.45. The molecule has 0 bridgehead atoms. The van der Waals surface area contributed by atoms with Gasteiger partial charge in [-0.05, 0) is 6.92 Å². The number of nitrogens with zero attached hydrogens (tertiary/aromatic N) is 6. The number of aryl methyl sites for hydroxylation is 1. The fourth-order valence-electron chi connectivity index (χ4n) is 2.68. The maximum absolute atomic E-state index is 10.3. The lowest BCUT2D eigenvalue weighted by atomic mass is 10.3. The van der Waals surface area contributed by atoms with Crippen molar-refractivity contribution in [1.82, 2.24) is 24.7 Å². The molecule has 0 radical (unpaired) electrons. The fraction of sp³-hybridized carbons (Fsp3) is 0.429. The summed E-state index contributed by atoms with van der Waals surface area (Å²) in [6.45, 7) is 3.68. The molecule has 3 aromatic rings. The van der Waals surface area contributed by atoms with Gasteiger partial charge >= 0.3 is 0 Å². The van der Waals surface area contributed by atoms with Crippen molar-refractivity contribution >= 4 is 32.8 Å². The Bertz CT molecular complexity index is 864. The van der Waals surface area contributed by atoms with Crippen molar-refractivity contribution < 1.29 is 9.84 Å². The number of ether oxygens (including phenoxy) is 1. The van der Waals surface area contributed by atoms with E-state index in [1.165, 1.54) is 11.3 Å². The van der Waals surface area contributed by atoms with E-state index in [-0.39, 0.29) is 6.10 Å². The van der Waals surface area contributed by atoms with Crippen LogP contribution in [0.15, 0.2) is 18.6 Å². The number of hydrogen-bond donors (Lipinski definition) is 2. The van der Waals surface area contributed by atoms with E-state index < -0.39 is 6.10 Å². The van der Waals surface area contributed by atoms with Crippen LogP contribution in [0, 0.1) is 0 Å². The minimum atomic E-state index is -0.624. The predicted octanol–water partition coefficient (Wildman–Crippen LogP) is 0.513. The number of aromatic nitrogens is 5. The van der Waals surface area contributed by atoms with Crippen LogP contribution >= 0.6 is 11.3 Å². The van der Waals surface area contributed by atoms with E-state index in [1.807, 2.05) is 18.0 Å². The second-order valence-electron chi connectivity index (χ2n) is 5.57. The number of aliphatic hydroxyl groups excluding tert-OH is 1. The topological polar surface area (TPSA) is 115 Å². The molecule has 4 heterocycles. The molecule has 1 fully saturated rings. The SMILES string of the molecule is CCn1cc(O[C@@H]2CN(c3ncc4nc(N)sc4n3)C[C@H]2O)cn1. The monoisotopic (exact) mass is 347 g/mol. The lowest BCUT2D eigenvalue weighted by Crippen LogP contribution is -2.29. The maximum atomic E-state index is 10.3. The average Bonchev–Trinajstić information content (AvgIpc) is 3.25. The number of fused-ring (bicyclic) bond motifs is 1. The number of rotatable bonds is 4. The summed E-state index contributed by atoms with van der Waals surface area (Å²) in [5, 5.41) is 14.9. The molecule has 0 saturated carbocycles. The Morgan fingerprint density at radius 1 is 1.38 bits per heavy atom. The van der Waals surface area contributed by atoms with E-state index in [1.54, 1.807) is 17.1 Å². The molecule has 3 N–H and O–H groups in total. The fourth-order valence-corrected chi connectivity index (χ4v) is 3.36. The first kappa shape index (κ1) is 15.1. The summed E-state index contributed by atoms with van der Waals surface area (Å²) in [7, 11) is 0.